The Labute approximate surface area is 160 Å². The number of carbonyl (C=O) groups is 1. The van der Waals surface area contributed by atoms with Gasteiger partial charge in [0, 0.05) is 6.07 Å². The van der Waals surface area contributed by atoms with E-state index < -0.39 is 5.54 Å². The molecule has 138 valence electrons. The average Bonchev–Trinajstić information content (AvgIpc) is 3.06. The molecule has 4 nitrogen and oxygen atoms in total. The van der Waals surface area contributed by atoms with Crippen LogP contribution in [0.3, 0.4) is 0 Å². The number of thiazole rings is 1. The Kier molecular flexibility index (Phi) is 4.23. The molecule has 4 rings (SSSR count). The van der Waals surface area contributed by atoms with Gasteiger partial charge < -0.3 is 4.74 Å². The van der Waals surface area contributed by atoms with Crippen LogP contribution >= 0.6 is 11.3 Å². The molecule has 0 aliphatic carbocycles. The monoisotopic (exact) mass is 382 g/mol. The van der Waals surface area contributed by atoms with Gasteiger partial charge in [-0.25, -0.2) is 9.37 Å². The molecule has 1 aromatic heterocycles. The predicted molar refractivity (Wildman–Crippen MR) is 104 cm³/mol. The Morgan fingerprint density at radius 2 is 1.93 bits per heavy atom. The van der Waals surface area contributed by atoms with Gasteiger partial charge in [-0.2, -0.15) is 0 Å². The molecule has 0 bridgehead atoms. The Bertz CT molecular complexity index is 1060. The first-order valence-electron chi connectivity index (χ1n) is 8.65. The van der Waals surface area contributed by atoms with Gasteiger partial charge in [-0.15, -0.1) is 11.3 Å². The van der Waals surface area contributed by atoms with Crippen LogP contribution in [0.1, 0.15) is 31.3 Å². The summed E-state index contributed by atoms with van der Waals surface area (Å²) in [6, 6.07) is 14.1. The second kappa shape index (κ2) is 6.46. The van der Waals surface area contributed by atoms with E-state index in [0.717, 1.165) is 15.3 Å². The smallest absolute Gasteiger partial charge is 0.261 e. The molecular weight excluding hydrogens is 363 g/mol. The summed E-state index contributed by atoms with van der Waals surface area (Å²) in [5.74, 6) is 0.199. The normalized spacial score (nSPS) is 15.4. The van der Waals surface area contributed by atoms with Crippen LogP contribution in [0.5, 0.6) is 0 Å². The maximum atomic E-state index is 13.5. The first-order chi connectivity index (χ1) is 12.9. The molecule has 1 aliphatic heterocycles. The highest BCUT2D eigenvalue weighted by atomic mass is 32.1. The number of benzene rings is 2. The van der Waals surface area contributed by atoms with Crippen molar-refractivity contribution in [3.8, 4) is 0 Å². The summed E-state index contributed by atoms with van der Waals surface area (Å²) in [6.07, 6.45) is 0. The minimum Gasteiger partial charge on any atom is -0.477 e. The number of allylic oxidation sites excluding steroid dienone is 1. The lowest BCUT2D eigenvalue weighted by Gasteiger charge is -2.40. The van der Waals surface area contributed by atoms with Crippen LogP contribution in [0.2, 0.25) is 0 Å². The summed E-state index contributed by atoms with van der Waals surface area (Å²) in [6.45, 7) is 5.83. The zero-order valence-electron chi connectivity index (χ0n) is 15.3. The zero-order chi connectivity index (χ0) is 19.2. The van der Waals surface area contributed by atoms with Gasteiger partial charge >= 0.3 is 0 Å². The molecule has 0 N–H and O–H groups in total. The topological polar surface area (TPSA) is 42.4 Å². The van der Waals surface area contributed by atoms with Gasteiger partial charge in [0.1, 0.15) is 16.6 Å². The van der Waals surface area contributed by atoms with Crippen molar-refractivity contribution in [3.63, 3.8) is 0 Å². The van der Waals surface area contributed by atoms with Gasteiger partial charge in [-0.05, 0) is 38.5 Å². The molecule has 0 fully saturated rings. The Morgan fingerprint density at radius 1 is 1.19 bits per heavy atom. The van der Waals surface area contributed by atoms with E-state index in [1.54, 1.807) is 11.0 Å². The van der Waals surface area contributed by atoms with E-state index >= 15 is 0 Å². The number of amides is 1. The quantitative estimate of drug-likeness (QED) is 0.646. The van der Waals surface area contributed by atoms with Gasteiger partial charge in [-0.3, -0.25) is 9.69 Å². The fourth-order valence-corrected chi connectivity index (χ4v) is 4.26. The van der Waals surface area contributed by atoms with Crippen LogP contribution in [0.15, 0.2) is 54.3 Å². The van der Waals surface area contributed by atoms with Gasteiger partial charge in [0.05, 0.1) is 21.3 Å². The number of halogens is 1. The summed E-state index contributed by atoms with van der Waals surface area (Å²) >= 11 is 1.46. The molecular formula is C21H19FN2O2S. The van der Waals surface area contributed by atoms with E-state index in [1.807, 2.05) is 51.1 Å². The van der Waals surface area contributed by atoms with Crippen LogP contribution in [0, 0.1) is 5.82 Å². The molecule has 0 saturated carbocycles. The van der Waals surface area contributed by atoms with Crippen LogP contribution in [0.4, 0.5) is 4.39 Å². The maximum Gasteiger partial charge on any atom is 0.261 e. The van der Waals surface area contributed by atoms with Crippen LogP contribution in [0.25, 0.3) is 15.8 Å². The lowest BCUT2D eigenvalue weighted by molar-refractivity contribution is -0.139. The van der Waals surface area contributed by atoms with Crippen molar-refractivity contribution in [1.29, 1.82) is 0 Å². The molecule has 0 radical (unpaired) electrons. The third-order valence-electron chi connectivity index (χ3n) is 4.83. The third kappa shape index (κ3) is 3.00. The summed E-state index contributed by atoms with van der Waals surface area (Å²) in [5.41, 5.74) is 1.29. The van der Waals surface area contributed by atoms with E-state index in [1.165, 1.54) is 23.5 Å². The zero-order valence-corrected chi connectivity index (χ0v) is 16.1. The van der Waals surface area contributed by atoms with Crippen molar-refractivity contribution >= 4 is 33.0 Å². The summed E-state index contributed by atoms with van der Waals surface area (Å²) in [7, 11) is 0. The van der Waals surface area contributed by atoms with Crippen LogP contribution in [-0.4, -0.2) is 22.5 Å². The fourth-order valence-electron chi connectivity index (χ4n) is 3.20. The highest BCUT2D eigenvalue weighted by Gasteiger charge is 2.40. The Hall–Kier alpha value is -2.73. The lowest BCUT2D eigenvalue weighted by atomic mass is 9.98. The Balaban J connectivity index is 1.74. The standard InChI is InChI=1S/C21H19FN2O2S/c1-13-18(14-7-5-4-6-8-14)19(25)24(12-26-13)21(2,3)20-23-16-11-15(22)9-10-17(16)27-20/h4-11H,12H2,1-3H3. The number of fused-ring (bicyclic) bond motifs is 1. The van der Waals surface area contributed by atoms with Crippen molar-refractivity contribution in [2.24, 2.45) is 0 Å². The van der Waals surface area contributed by atoms with E-state index in [4.69, 9.17) is 4.74 Å². The van der Waals surface area contributed by atoms with E-state index in [2.05, 4.69) is 4.98 Å². The van der Waals surface area contributed by atoms with Crippen molar-refractivity contribution in [2.45, 2.75) is 26.3 Å². The van der Waals surface area contributed by atoms with Crippen LogP contribution in [-0.2, 0) is 15.1 Å². The number of hydrogen-bond donors (Lipinski definition) is 0. The fraction of sp³-hybridized carbons (Fsp3) is 0.238. The van der Waals surface area contributed by atoms with Gasteiger partial charge in [0.15, 0.2) is 6.73 Å². The van der Waals surface area contributed by atoms with Gasteiger partial charge in [0.2, 0.25) is 0 Å². The molecule has 0 spiro atoms. The first kappa shape index (κ1) is 17.7. The van der Waals surface area contributed by atoms with E-state index in [9.17, 15) is 9.18 Å². The third-order valence-corrected chi connectivity index (χ3v) is 6.18. The van der Waals surface area contributed by atoms with Crippen LogP contribution < -0.4 is 0 Å². The maximum absolute atomic E-state index is 13.5. The predicted octanol–water partition coefficient (Wildman–Crippen LogP) is 4.92. The highest BCUT2D eigenvalue weighted by molar-refractivity contribution is 7.18. The number of rotatable bonds is 3. The SMILES string of the molecule is CC1=C(c2ccccc2)C(=O)N(C(C)(C)c2nc3cc(F)ccc3s2)CO1. The first-order valence-corrected chi connectivity index (χ1v) is 9.47. The molecule has 6 heteroatoms. The van der Waals surface area contributed by atoms with Gasteiger partial charge in [-0.1, -0.05) is 30.3 Å². The number of ether oxygens (including phenoxy) is 1. The summed E-state index contributed by atoms with van der Waals surface area (Å²) in [5, 5.41) is 0.743. The second-order valence-electron chi connectivity index (χ2n) is 6.99. The van der Waals surface area contributed by atoms with Gasteiger partial charge in [0.25, 0.3) is 5.91 Å². The molecule has 27 heavy (non-hydrogen) atoms. The molecule has 0 saturated heterocycles. The molecule has 0 atom stereocenters. The van der Waals surface area contributed by atoms with Crippen molar-refractivity contribution in [3.05, 3.63) is 70.7 Å². The molecule has 2 heterocycles. The summed E-state index contributed by atoms with van der Waals surface area (Å²) in [4.78, 5) is 19.6. The largest absolute Gasteiger partial charge is 0.477 e. The highest BCUT2D eigenvalue weighted by Crippen LogP contribution is 2.38. The number of nitrogens with zero attached hydrogens (tertiary/aromatic N) is 2. The number of aromatic nitrogens is 1. The molecule has 3 aromatic rings. The average molecular weight is 382 g/mol. The minimum absolute atomic E-state index is 0.0969. The molecule has 0 unspecified atom stereocenters. The molecule has 2 aromatic carbocycles. The number of carbonyl (C=O) groups excluding carboxylic acids is 1. The van der Waals surface area contributed by atoms with Crippen molar-refractivity contribution < 1.29 is 13.9 Å². The Morgan fingerprint density at radius 3 is 2.67 bits per heavy atom. The van der Waals surface area contributed by atoms with E-state index in [-0.39, 0.29) is 18.5 Å². The lowest BCUT2D eigenvalue weighted by Crippen LogP contribution is -2.49. The van der Waals surface area contributed by atoms with Crippen molar-refractivity contribution in [2.75, 3.05) is 6.73 Å². The van der Waals surface area contributed by atoms with Crippen molar-refractivity contribution in [1.82, 2.24) is 9.88 Å². The summed E-state index contributed by atoms with van der Waals surface area (Å²) < 4.78 is 20.2. The van der Waals surface area contributed by atoms with E-state index in [0.29, 0.717) is 16.8 Å². The minimum atomic E-state index is -0.696. The number of hydrogen-bond acceptors (Lipinski definition) is 4. The second-order valence-corrected chi connectivity index (χ2v) is 8.02. The molecule has 1 aliphatic rings. The molecule has 1 amide bonds.